The number of aryl methyl sites for hydroxylation is 2. The molecule has 0 spiro atoms. The number of ketones is 2. The summed E-state index contributed by atoms with van der Waals surface area (Å²) in [6.45, 7) is 6.97. The standard InChI is InChI=1S/C28H26N2O4/c1-13-5-7-20-19(23(13)27(33)17-9-11-21(29)25(31)15(17)3)8-6-14(2)24(20)28(34)18-10-12-22(30)26(32)16(18)4/h5-12,31-32H,29-30H2,1-4H3. The number of carbonyl (C=O) groups is 2. The van der Waals surface area contributed by atoms with E-state index in [2.05, 4.69) is 0 Å². The molecule has 0 bridgehead atoms. The van der Waals surface area contributed by atoms with Crippen LogP contribution in [-0.2, 0) is 0 Å². The van der Waals surface area contributed by atoms with Gasteiger partial charge < -0.3 is 21.7 Å². The predicted octanol–water partition coefficient (Wildman–Crippen LogP) is 5.11. The van der Waals surface area contributed by atoms with E-state index in [1.807, 2.05) is 38.1 Å². The van der Waals surface area contributed by atoms with Crippen LogP contribution in [-0.4, -0.2) is 21.8 Å². The number of anilines is 2. The van der Waals surface area contributed by atoms with Crippen molar-refractivity contribution in [3.63, 3.8) is 0 Å². The molecule has 0 aliphatic heterocycles. The predicted molar refractivity (Wildman–Crippen MR) is 135 cm³/mol. The number of nitrogen functional groups attached to an aromatic ring is 2. The minimum atomic E-state index is -0.264. The summed E-state index contributed by atoms with van der Waals surface area (Å²) in [4.78, 5) is 27.3. The second kappa shape index (κ2) is 8.23. The third-order valence-corrected chi connectivity index (χ3v) is 6.49. The number of phenolic OH excluding ortho intramolecular Hbond substituents is 2. The molecule has 6 nitrogen and oxygen atoms in total. The lowest BCUT2D eigenvalue weighted by molar-refractivity contribution is 0.102. The van der Waals surface area contributed by atoms with Crippen LogP contribution < -0.4 is 11.5 Å². The molecule has 4 aromatic carbocycles. The number of carbonyl (C=O) groups excluding carboxylic acids is 2. The van der Waals surface area contributed by atoms with E-state index in [0.717, 1.165) is 11.1 Å². The summed E-state index contributed by atoms with van der Waals surface area (Å²) in [6.07, 6.45) is 0. The lowest BCUT2D eigenvalue weighted by atomic mass is 9.86. The second-order valence-corrected chi connectivity index (χ2v) is 8.62. The Kier molecular flexibility index (Phi) is 5.53. The zero-order valence-corrected chi connectivity index (χ0v) is 19.5. The van der Waals surface area contributed by atoms with Gasteiger partial charge in [0.15, 0.2) is 11.6 Å². The number of benzene rings is 4. The largest absolute Gasteiger partial charge is 0.505 e. The van der Waals surface area contributed by atoms with E-state index in [1.54, 1.807) is 26.0 Å². The zero-order valence-electron chi connectivity index (χ0n) is 19.5. The van der Waals surface area contributed by atoms with Crippen molar-refractivity contribution in [1.29, 1.82) is 0 Å². The molecule has 0 aromatic heterocycles. The topological polar surface area (TPSA) is 127 Å². The summed E-state index contributed by atoms with van der Waals surface area (Å²) in [6, 6.07) is 13.5. The molecule has 0 aliphatic carbocycles. The first-order valence-corrected chi connectivity index (χ1v) is 10.8. The fourth-order valence-corrected chi connectivity index (χ4v) is 4.43. The highest BCUT2D eigenvalue weighted by Gasteiger charge is 2.24. The number of nitrogens with two attached hydrogens (primary N) is 2. The Hall–Kier alpha value is -4.32. The summed E-state index contributed by atoms with van der Waals surface area (Å²) in [5, 5.41) is 21.8. The Bertz CT molecular complexity index is 1400. The maximum Gasteiger partial charge on any atom is 0.194 e. The van der Waals surface area contributed by atoms with Crippen molar-refractivity contribution >= 4 is 33.7 Å². The minimum Gasteiger partial charge on any atom is -0.505 e. The number of aromatic hydroxyl groups is 2. The SMILES string of the molecule is Cc1ccc2c(C(=O)c3ccc(N)c(O)c3C)c(C)ccc2c1C(=O)c1ccc(N)c(O)c1C. The van der Waals surface area contributed by atoms with Gasteiger partial charge in [-0.2, -0.15) is 0 Å². The molecule has 6 N–H and O–H groups in total. The molecule has 34 heavy (non-hydrogen) atoms. The van der Waals surface area contributed by atoms with Crippen molar-refractivity contribution in [2.45, 2.75) is 27.7 Å². The van der Waals surface area contributed by atoms with Crippen molar-refractivity contribution in [3.8, 4) is 11.5 Å². The first-order valence-electron chi connectivity index (χ1n) is 10.8. The Balaban J connectivity index is 1.97. The van der Waals surface area contributed by atoms with Crippen LogP contribution in [0.1, 0.15) is 54.1 Å². The highest BCUT2D eigenvalue weighted by atomic mass is 16.3. The van der Waals surface area contributed by atoms with Gasteiger partial charge in [-0.1, -0.05) is 24.3 Å². The van der Waals surface area contributed by atoms with Crippen molar-refractivity contribution in [3.05, 3.63) is 93.0 Å². The normalized spacial score (nSPS) is 11.1. The van der Waals surface area contributed by atoms with Crippen LogP contribution in [0.5, 0.6) is 11.5 Å². The number of hydrogen-bond donors (Lipinski definition) is 4. The molecule has 0 atom stereocenters. The van der Waals surface area contributed by atoms with Crippen molar-refractivity contribution < 1.29 is 19.8 Å². The third-order valence-electron chi connectivity index (χ3n) is 6.49. The van der Waals surface area contributed by atoms with Gasteiger partial charge in [0.25, 0.3) is 0 Å². The van der Waals surface area contributed by atoms with Crippen molar-refractivity contribution in [1.82, 2.24) is 0 Å². The highest BCUT2D eigenvalue weighted by Crippen LogP contribution is 2.35. The lowest BCUT2D eigenvalue weighted by Crippen LogP contribution is -2.11. The number of fused-ring (bicyclic) bond motifs is 1. The van der Waals surface area contributed by atoms with Gasteiger partial charge in [0, 0.05) is 33.4 Å². The van der Waals surface area contributed by atoms with E-state index in [4.69, 9.17) is 11.5 Å². The Labute approximate surface area is 197 Å². The quantitative estimate of drug-likeness (QED) is 0.193. The van der Waals surface area contributed by atoms with Crippen LogP contribution in [0, 0.1) is 27.7 Å². The van der Waals surface area contributed by atoms with Gasteiger partial charge in [-0.15, -0.1) is 0 Å². The summed E-state index contributed by atoms with van der Waals surface area (Å²) in [5.41, 5.74) is 15.9. The first-order chi connectivity index (χ1) is 16.0. The smallest absolute Gasteiger partial charge is 0.194 e. The van der Waals surface area contributed by atoms with E-state index in [-0.39, 0.29) is 34.4 Å². The van der Waals surface area contributed by atoms with Gasteiger partial charge in [0.2, 0.25) is 0 Å². The Morgan fingerprint density at radius 1 is 0.588 bits per heavy atom. The Morgan fingerprint density at radius 3 is 1.29 bits per heavy atom. The molecule has 0 heterocycles. The molecular weight excluding hydrogens is 428 g/mol. The average molecular weight is 455 g/mol. The summed E-state index contributed by atoms with van der Waals surface area (Å²) in [7, 11) is 0. The van der Waals surface area contributed by atoms with E-state index >= 15 is 0 Å². The maximum atomic E-state index is 13.7. The molecule has 0 amide bonds. The van der Waals surface area contributed by atoms with Gasteiger partial charge in [-0.3, -0.25) is 9.59 Å². The van der Waals surface area contributed by atoms with Crippen LogP contribution in [0.25, 0.3) is 10.8 Å². The summed E-state index contributed by atoms with van der Waals surface area (Å²) >= 11 is 0. The fraction of sp³-hybridized carbons (Fsp3) is 0.143. The van der Waals surface area contributed by atoms with E-state index in [1.165, 1.54) is 12.1 Å². The van der Waals surface area contributed by atoms with Gasteiger partial charge in [-0.25, -0.2) is 0 Å². The number of rotatable bonds is 4. The van der Waals surface area contributed by atoms with E-state index in [9.17, 15) is 19.8 Å². The minimum absolute atomic E-state index is 0.117. The maximum absolute atomic E-state index is 13.7. The molecule has 0 saturated heterocycles. The first kappa shape index (κ1) is 22.9. The molecule has 4 aromatic rings. The van der Waals surface area contributed by atoms with Crippen LogP contribution in [0.3, 0.4) is 0 Å². The fourth-order valence-electron chi connectivity index (χ4n) is 4.43. The van der Waals surface area contributed by atoms with E-state index in [0.29, 0.717) is 44.2 Å². The molecule has 0 radical (unpaired) electrons. The Morgan fingerprint density at radius 2 is 0.941 bits per heavy atom. The molecule has 0 unspecified atom stereocenters. The van der Waals surface area contributed by atoms with Crippen molar-refractivity contribution in [2.75, 3.05) is 11.5 Å². The monoisotopic (exact) mass is 454 g/mol. The number of hydrogen-bond acceptors (Lipinski definition) is 6. The van der Waals surface area contributed by atoms with Crippen LogP contribution in [0.15, 0.2) is 48.5 Å². The van der Waals surface area contributed by atoms with Gasteiger partial charge in [0.05, 0.1) is 11.4 Å². The van der Waals surface area contributed by atoms with Gasteiger partial charge >= 0.3 is 0 Å². The summed E-state index contributed by atoms with van der Waals surface area (Å²) < 4.78 is 0. The molecule has 172 valence electrons. The lowest BCUT2D eigenvalue weighted by Gasteiger charge is -2.17. The van der Waals surface area contributed by atoms with Crippen LogP contribution >= 0.6 is 0 Å². The average Bonchev–Trinajstić information content (AvgIpc) is 2.80. The molecule has 0 saturated carbocycles. The molecular formula is C28H26N2O4. The highest BCUT2D eigenvalue weighted by molar-refractivity contribution is 6.23. The third kappa shape index (κ3) is 3.44. The van der Waals surface area contributed by atoms with E-state index < -0.39 is 0 Å². The van der Waals surface area contributed by atoms with Gasteiger partial charge in [-0.05, 0) is 73.9 Å². The molecule has 0 aliphatic rings. The number of phenols is 2. The van der Waals surface area contributed by atoms with Crippen LogP contribution in [0.4, 0.5) is 11.4 Å². The second-order valence-electron chi connectivity index (χ2n) is 8.62. The zero-order chi connectivity index (χ0) is 24.9. The van der Waals surface area contributed by atoms with Crippen molar-refractivity contribution in [2.24, 2.45) is 0 Å². The molecule has 4 rings (SSSR count). The molecule has 6 heteroatoms. The summed E-state index contributed by atoms with van der Waals surface area (Å²) in [5.74, 6) is -0.762. The van der Waals surface area contributed by atoms with Crippen LogP contribution in [0.2, 0.25) is 0 Å². The van der Waals surface area contributed by atoms with Gasteiger partial charge in [0.1, 0.15) is 11.5 Å². The molecule has 0 fully saturated rings.